The number of anilines is 1. The average Bonchev–Trinajstić information content (AvgIpc) is 3.48. The summed E-state index contributed by atoms with van der Waals surface area (Å²) in [4.78, 5) is 31.7. The fourth-order valence-electron chi connectivity index (χ4n) is 5.47. The van der Waals surface area contributed by atoms with Gasteiger partial charge in [0.1, 0.15) is 17.9 Å². The number of carbonyl (C=O) groups is 1. The monoisotopic (exact) mass is 493 g/mol. The molecule has 1 N–H and O–H groups in total. The number of carbonyl (C=O) groups excluding carboxylic acids is 1. The number of nitrogens with zero attached hydrogens (tertiary/aromatic N) is 6. The first-order valence-electron chi connectivity index (χ1n) is 13.7. The second-order valence-electron chi connectivity index (χ2n) is 10.1. The molecule has 5 rings (SSSR count). The summed E-state index contributed by atoms with van der Waals surface area (Å²) in [6.45, 7) is 8.10. The van der Waals surface area contributed by atoms with Gasteiger partial charge in [-0.1, -0.05) is 19.8 Å². The van der Waals surface area contributed by atoms with E-state index in [2.05, 4.69) is 36.6 Å². The van der Waals surface area contributed by atoms with E-state index in [9.17, 15) is 4.79 Å². The second-order valence-corrected chi connectivity index (χ2v) is 10.1. The van der Waals surface area contributed by atoms with Crippen LogP contribution in [0, 0.1) is 5.92 Å². The van der Waals surface area contributed by atoms with Gasteiger partial charge in [-0.05, 0) is 50.8 Å². The van der Waals surface area contributed by atoms with Crippen LogP contribution in [0.2, 0.25) is 0 Å². The van der Waals surface area contributed by atoms with Crippen molar-refractivity contribution in [3.8, 4) is 0 Å². The van der Waals surface area contributed by atoms with Gasteiger partial charge in [0.25, 0.3) is 0 Å². The van der Waals surface area contributed by atoms with Gasteiger partial charge in [0.05, 0.1) is 12.8 Å². The van der Waals surface area contributed by atoms with Crippen molar-refractivity contribution < 1.29 is 9.21 Å². The minimum Gasteiger partial charge on any atom is -0.468 e. The van der Waals surface area contributed by atoms with Crippen molar-refractivity contribution in [1.82, 2.24) is 29.7 Å². The Hall–Kier alpha value is -2.94. The van der Waals surface area contributed by atoms with Gasteiger partial charge in [0.2, 0.25) is 5.91 Å². The Kier molecular flexibility index (Phi) is 8.15. The number of amides is 1. The highest BCUT2D eigenvalue weighted by atomic mass is 16.3. The molecule has 2 aliphatic rings. The first-order chi connectivity index (χ1) is 17.7. The average molecular weight is 494 g/mol. The Morgan fingerprint density at radius 2 is 2.06 bits per heavy atom. The highest BCUT2D eigenvalue weighted by Gasteiger charge is 2.28. The number of imidazole rings is 1. The standard InChI is InChI=1S/C27H39N7O2/c1-2-3-13-32(19-22-8-7-18-36-22)17-12-28-27(35)21-10-15-33(16-11-21)25-24-26(30-20-29-25)34-14-6-4-5-9-23(34)31-24/h7-8,18,20-21H,2-6,9-17,19H2,1H3,(H,28,35). The van der Waals surface area contributed by atoms with E-state index in [0.717, 1.165) is 99.9 Å². The summed E-state index contributed by atoms with van der Waals surface area (Å²) >= 11 is 0. The highest BCUT2D eigenvalue weighted by Crippen LogP contribution is 2.29. The van der Waals surface area contributed by atoms with Gasteiger partial charge < -0.3 is 19.2 Å². The van der Waals surface area contributed by atoms with Crippen LogP contribution in [0.4, 0.5) is 5.82 Å². The molecule has 1 fully saturated rings. The fourth-order valence-corrected chi connectivity index (χ4v) is 5.47. The SMILES string of the molecule is CCCCN(CCNC(=O)C1CCN(c2ncnc3c2nc2n3CCCCC2)CC1)Cc1ccco1. The van der Waals surface area contributed by atoms with Crippen LogP contribution >= 0.6 is 0 Å². The van der Waals surface area contributed by atoms with Crippen molar-refractivity contribution in [3.05, 3.63) is 36.3 Å². The Labute approximate surface area is 213 Å². The van der Waals surface area contributed by atoms with Crippen LogP contribution in [0.25, 0.3) is 11.2 Å². The van der Waals surface area contributed by atoms with Crippen LogP contribution in [-0.4, -0.2) is 63.0 Å². The molecular weight excluding hydrogens is 454 g/mol. The number of hydrogen-bond donors (Lipinski definition) is 1. The Morgan fingerprint density at radius 3 is 2.86 bits per heavy atom. The van der Waals surface area contributed by atoms with E-state index in [4.69, 9.17) is 9.40 Å². The van der Waals surface area contributed by atoms with Crippen LogP contribution in [0.3, 0.4) is 0 Å². The molecule has 36 heavy (non-hydrogen) atoms. The van der Waals surface area contributed by atoms with E-state index in [1.165, 1.54) is 19.3 Å². The molecule has 1 amide bonds. The maximum atomic E-state index is 12.9. The van der Waals surface area contributed by atoms with Crippen molar-refractivity contribution in [1.29, 1.82) is 0 Å². The summed E-state index contributed by atoms with van der Waals surface area (Å²) in [5, 5.41) is 3.19. The lowest BCUT2D eigenvalue weighted by atomic mass is 9.96. The predicted molar refractivity (Wildman–Crippen MR) is 140 cm³/mol. The Bertz CT molecular complexity index is 1120. The van der Waals surface area contributed by atoms with Gasteiger partial charge in [-0.25, -0.2) is 15.0 Å². The van der Waals surface area contributed by atoms with Crippen molar-refractivity contribution in [2.45, 2.75) is 71.4 Å². The Balaban J connectivity index is 1.13. The van der Waals surface area contributed by atoms with E-state index in [1.54, 1.807) is 12.6 Å². The summed E-state index contributed by atoms with van der Waals surface area (Å²) in [6.07, 6.45) is 12.0. The molecule has 1 saturated heterocycles. The first kappa shape index (κ1) is 24.7. The number of aryl methyl sites for hydroxylation is 2. The quantitative estimate of drug-likeness (QED) is 0.459. The number of piperidine rings is 1. The number of hydrogen-bond acceptors (Lipinski definition) is 7. The van der Waals surface area contributed by atoms with Crippen molar-refractivity contribution >= 4 is 22.9 Å². The maximum Gasteiger partial charge on any atom is 0.223 e. The second kappa shape index (κ2) is 11.9. The van der Waals surface area contributed by atoms with Crippen LogP contribution in [-0.2, 0) is 24.3 Å². The van der Waals surface area contributed by atoms with Gasteiger partial charge in [0, 0.05) is 45.1 Å². The third-order valence-electron chi connectivity index (χ3n) is 7.55. The predicted octanol–water partition coefficient (Wildman–Crippen LogP) is 3.78. The minimum atomic E-state index is 0.0476. The van der Waals surface area contributed by atoms with Gasteiger partial charge in [-0.15, -0.1) is 0 Å². The van der Waals surface area contributed by atoms with Crippen LogP contribution in [0.5, 0.6) is 0 Å². The first-order valence-corrected chi connectivity index (χ1v) is 13.7. The molecule has 5 heterocycles. The third-order valence-corrected chi connectivity index (χ3v) is 7.55. The summed E-state index contributed by atoms with van der Waals surface area (Å²) in [5.74, 6) is 3.25. The molecule has 0 atom stereocenters. The van der Waals surface area contributed by atoms with Crippen molar-refractivity contribution in [2.75, 3.05) is 37.6 Å². The number of furan rings is 1. The molecular formula is C27H39N7O2. The third kappa shape index (κ3) is 5.72. The zero-order valence-electron chi connectivity index (χ0n) is 21.5. The van der Waals surface area contributed by atoms with Crippen LogP contribution in [0.1, 0.15) is 63.5 Å². The van der Waals surface area contributed by atoms with Crippen LogP contribution < -0.4 is 10.2 Å². The molecule has 0 radical (unpaired) electrons. The summed E-state index contributed by atoms with van der Waals surface area (Å²) < 4.78 is 7.80. The normalized spacial score (nSPS) is 16.9. The molecule has 3 aromatic rings. The number of nitrogens with one attached hydrogen (secondary N) is 1. The van der Waals surface area contributed by atoms with Crippen molar-refractivity contribution in [2.24, 2.45) is 5.92 Å². The van der Waals surface area contributed by atoms with E-state index in [1.807, 2.05) is 12.1 Å². The van der Waals surface area contributed by atoms with Gasteiger partial charge >= 0.3 is 0 Å². The van der Waals surface area contributed by atoms with E-state index in [0.29, 0.717) is 6.54 Å². The lowest BCUT2D eigenvalue weighted by molar-refractivity contribution is -0.125. The number of fused-ring (bicyclic) bond motifs is 3. The fraction of sp³-hybridized carbons (Fsp3) is 0.630. The molecule has 9 heteroatoms. The number of unbranched alkanes of at least 4 members (excludes halogenated alkanes) is 1. The molecule has 0 unspecified atom stereocenters. The Morgan fingerprint density at radius 1 is 1.17 bits per heavy atom. The number of rotatable bonds is 10. The van der Waals surface area contributed by atoms with Gasteiger partial charge in [-0.3, -0.25) is 9.69 Å². The molecule has 3 aromatic heterocycles. The summed E-state index contributed by atoms with van der Waals surface area (Å²) in [7, 11) is 0. The van der Waals surface area contributed by atoms with Gasteiger partial charge in [0.15, 0.2) is 17.0 Å². The summed E-state index contributed by atoms with van der Waals surface area (Å²) in [6, 6.07) is 3.94. The molecule has 0 bridgehead atoms. The lowest BCUT2D eigenvalue weighted by Gasteiger charge is -2.32. The largest absolute Gasteiger partial charge is 0.468 e. The number of aromatic nitrogens is 4. The van der Waals surface area contributed by atoms with Crippen LogP contribution in [0.15, 0.2) is 29.1 Å². The lowest BCUT2D eigenvalue weighted by Crippen LogP contribution is -2.43. The molecule has 2 aliphatic heterocycles. The zero-order valence-corrected chi connectivity index (χ0v) is 21.5. The molecule has 0 aromatic carbocycles. The van der Waals surface area contributed by atoms with Gasteiger partial charge in [-0.2, -0.15) is 0 Å². The van der Waals surface area contributed by atoms with E-state index < -0.39 is 0 Å². The van der Waals surface area contributed by atoms with E-state index >= 15 is 0 Å². The zero-order chi connectivity index (χ0) is 24.7. The highest BCUT2D eigenvalue weighted by molar-refractivity contribution is 5.84. The molecule has 0 saturated carbocycles. The van der Waals surface area contributed by atoms with E-state index in [-0.39, 0.29) is 11.8 Å². The maximum absolute atomic E-state index is 12.9. The minimum absolute atomic E-state index is 0.0476. The molecule has 0 spiro atoms. The topological polar surface area (TPSA) is 92.3 Å². The molecule has 9 nitrogen and oxygen atoms in total. The summed E-state index contributed by atoms with van der Waals surface area (Å²) in [5.41, 5.74) is 1.87. The van der Waals surface area contributed by atoms with Crippen molar-refractivity contribution in [3.63, 3.8) is 0 Å². The molecule has 0 aliphatic carbocycles. The smallest absolute Gasteiger partial charge is 0.223 e. The molecule has 194 valence electrons.